The fourth-order valence-electron chi connectivity index (χ4n) is 3.54. The second-order valence-corrected chi connectivity index (χ2v) is 7.88. The highest BCUT2D eigenvalue weighted by Crippen LogP contribution is 2.34. The highest BCUT2D eigenvalue weighted by atomic mass is 19.4. The molecule has 0 bridgehead atoms. The molecule has 1 heterocycles. The summed E-state index contributed by atoms with van der Waals surface area (Å²) < 4.78 is 41.2. The summed E-state index contributed by atoms with van der Waals surface area (Å²) in [7, 11) is 1.52. The number of rotatable bonds is 7. The zero-order chi connectivity index (χ0) is 24.2. The molecule has 3 amide bonds. The van der Waals surface area contributed by atoms with E-state index in [4.69, 9.17) is 4.84 Å². The number of nitrogens with zero attached hydrogens (tertiary/aromatic N) is 2. The number of amides is 3. The van der Waals surface area contributed by atoms with Gasteiger partial charge in [0.2, 0.25) is 0 Å². The number of hydrogen-bond acceptors (Lipinski definition) is 4. The number of nitrogens with two attached hydrogens (primary N) is 1. The fourth-order valence-corrected chi connectivity index (χ4v) is 3.54. The highest BCUT2D eigenvalue weighted by Gasteiger charge is 2.52. The standard InChI is InChI=1S/C23H24F3N3O4/c1-22(2)20(30)29(18-9-11-19(12-10-18)33-23(24,25)26)21(31)28(22)15-17(13-14-27-32-3)16-7-5-4-6-8-16/h4-7,9-14,27H,8,15H2,1-3H3/p+1/b14-13-,17-16+. The summed E-state index contributed by atoms with van der Waals surface area (Å²) in [4.78, 5) is 33.8. The molecule has 2 aliphatic rings. The maximum atomic E-state index is 13.3. The molecular weight excluding hydrogens is 439 g/mol. The van der Waals surface area contributed by atoms with Crippen LogP contribution in [0.15, 0.2) is 72.0 Å². The Labute approximate surface area is 189 Å². The first-order valence-corrected chi connectivity index (χ1v) is 10.1. The second-order valence-electron chi connectivity index (χ2n) is 7.88. The minimum absolute atomic E-state index is 0.158. The largest absolute Gasteiger partial charge is 0.573 e. The summed E-state index contributed by atoms with van der Waals surface area (Å²) in [5, 5.41) is 0. The molecule has 0 atom stereocenters. The number of ether oxygens (including phenoxy) is 1. The molecule has 33 heavy (non-hydrogen) atoms. The van der Waals surface area contributed by atoms with E-state index in [2.05, 4.69) is 4.74 Å². The van der Waals surface area contributed by atoms with Crippen LogP contribution in [0.1, 0.15) is 20.3 Å². The SMILES string of the molecule is CO[NH2+]/C=C\C(CN1C(=O)N(c2ccc(OC(F)(F)F)cc2)C(=O)C1(C)C)=C1\C=CC=CC1. The van der Waals surface area contributed by atoms with Gasteiger partial charge >= 0.3 is 12.4 Å². The maximum Gasteiger partial charge on any atom is 0.573 e. The quantitative estimate of drug-likeness (QED) is 0.495. The van der Waals surface area contributed by atoms with Crippen LogP contribution in [0.5, 0.6) is 5.75 Å². The lowest BCUT2D eigenvalue weighted by Crippen LogP contribution is -2.75. The number of halogens is 3. The molecule has 1 aromatic carbocycles. The van der Waals surface area contributed by atoms with Crippen molar-refractivity contribution >= 4 is 17.6 Å². The Kier molecular flexibility index (Phi) is 7.09. The number of carbonyl (C=O) groups excluding carboxylic acids is 2. The van der Waals surface area contributed by atoms with Crippen molar-refractivity contribution in [3.05, 3.63) is 72.0 Å². The molecule has 0 unspecified atom stereocenters. The van der Waals surface area contributed by atoms with Gasteiger partial charge in [-0.05, 0) is 61.8 Å². The van der Waals surface area contributed by atoms with E-state index in [1.165, 1.54) is 29.6 Å². The molecule has 176 valence electrons. The van der Waals surface area contributed by atoms with Crippen LogP contribution in [0.4, 0.5) is 23.7 Å². The first-order valence-electron chi connectivity index (χ1n) is 10.1. The van der Waals surface area contributed by atoms with Gasteiger partial charge < -0.3 is 9.64 Å². The predicted molar refractivity (Wildman–Crippen MR) is 115 cm³/mol. The zero-order valence-electron chi connectivity index (χ0n) is 18.4. The Morgan fingerprint density at radius 2 is 1.88 bits per heavy atom. The molecule has 1 saturated heterocycles. The second kappa shape index (κ2) is 9.63. The number of urea groups is 1. The fraction of sp³-hybridized carbons (Fsp3) is 0.304. The summed E-state index contributed by atoms with van der Waals surface area (Å²) in [5.41, 5.74) is 2.31. The summed E-state index contributed by atoms with van der Waals surface area (Å²) in [5.74, 6) is -0.919. The monoisotopic (exact) mass is 464 g/mol. The third-order valence-corrected chi connectivity index (χ3v) is 5.29. The van der Waals surface area contributed by atoms with Gasteiger partial charge in [0.25, 0.3) is 5.91 Å². The molecule has 7 nitrogen and oxygen atoms in total. The van der Waals surface area contributed by atoms with Crippen molar-refractivity contribution in [1.29, 1.82) is 0 Å². The normalized spacial score (nSPS) is 19.7. The number of allylic oxidation sites excluding steroid dienone is 5. The smallest absolute Gasteiger partial charge is 0.406 e. The number of hydrogen-bond donors (Lipinski definition) is 1. The summed E-state index contributed by atoms with van der Waals surface area (Å²) in [6.07, 6.45) is 7.12. The van der Waals surface area contributed by atoms with Crippen molar-refractivity contribution in [3.63, 3.8) is 0 Å². The van der Waals surface area contributed by atoms with E-state index in [1.807, 2.05) is 30.4 Å². The van der Waals surface area contributed by atoms with Crippen LogP contribution in [0.3, 0.4) is 0 Å². The van der Waals surface area contributed by atoms with E-state index in [1.54, 1.807) is 20.0 Å². The van der Waals surface area contributed by atoms with E-state index >= 15 is 0 Å². The van der Waals surface area contributed by atoms with Gasteiger partial charge in [0.1, 0.15) is 17.5 Å². The minimum Gasteiger partial charge on any atom is -0.406 e. The molecule has 0 saturated carbocycles. The third kappa shape index (κ3) is 5.52. The molecule has 1 aromatic rings. The van der Waals surface area contributed by atoms with Gasteiger partial charge in [0.15, 0.2) is 0 Å². The molecule has 0 spiro atoms. The first kappa shape index (κ1) is 24.3. The van der Waals surface area contributed by atoms with Gasteiger partial charge in [-0.25, -0.2) is 14.5 Å². The van der Waals surface area contributed by atoms with Gasteiger partial charge in [-0.3, -0.25) is 4.79 Å². The minimum atomic E-state index is -4.83. The number of alkyl halides is 3. The average Bonchev–Trinajstić information content (AvgIpc) is 2.92. The van der Waals surface area contributed by atoms with E-state index in [9.17, 15) is 22.8 Å². The lowest BCUT2D eigenvalue weighted by molar-refractivity contribution is -0.842. The van der Waals surface area contributed by atoms with Crippen molar-refractivity contribution in [2.24, 2.45) is 0 Å². The van der Waals surface area contributed by atoms with Crippen LogP contribution < -0.4 is 15.1 Å². The van der Waals surface area contributed by atoms with Gasteiger partial charge in [0.05, 0.1) is 12.8 Å². The number of carbonyl (C=O) groups is 2. The summed E-state index contributed by atoms with van der Waals surface area (Å²) >= 11 is 0. The van der Waals surface area contributed by atoms with Crippen molar-refractivity contribution in [2.75, 3.05) is 18.6 Å². The van der Waals surface area contributed by atoms with Crippen molar-refractivity contribution < 1.29 is 37.8 Å². The Balaban J connectivity index is 1.89. The Hall–Kier alpha value is -3.37. The van der Waals surface area contributed by atoms with Gasteiger partial charge in [-0.2, -0.15) is 5.48 Å². The van der Waals surface area contributed by atoms with Crippen molar-refractivity contribution in [2.45, 2.75) is 32.2 Å². The number of benzene rings is 1. The molecule has 3 rings (SSSR count). The topological polar surface area (TPSA) is 75.7 Å². The van der Waals surface area contributed by atoms with Crippen molar-refractivity contribution in [3.8, 4) is 5.75 Å². The molecule has 1 fully saturated rings. The van der Waals surface area contributed by atoms with E-state index in [-0.39, 0.29) is 12.2 Å². The first-order chi connectivity index (χ1) is 15.5. The zero-order valence-corrected chi connectivity index (χ0v) is 18.4. The van der Waals surface area contributed by atoms with E-state index < -0.39 is 29.6 Å². The van der Waals surface area contributed by atoms with Crippen molar-refractivity contribution in [1.82, 2.24) is 4.90 Å². The number of anilines is 1. The van der Waals surface area contributed by atoms with Gasteiger partial charge in [-0.1, -0.05) is 24.3 Å². The molecule has 0 aromatic heterocycles. The average molecular weight is 464 g/mol. The molecular formula is C23H25F3N3O4+. The summed E-state index contributed by atoms with van der Waals surface area (Å²) in [6, 6.07) is 4.06. The molecule has 1 aliphatic carbocycles. The Bertz CT molecular complexity index is 1020. The number of hydroxylamine groups is 1. The predicted octanol–water partition coefficient (Wildman–Crippen LogP) is 3.58. The Morgan fingerprint density at radius 1 is 1.18 bits per heavy atom. The van der Waals surface area contributed by atoms with Crippen LogP contribution in [0.2, 0.25) is 0 Å². The molecule has 10 heteroatoms. The van der Waals surface area contributed by atoms with E-state index in [0.29, 0.717) is 6.42 Å². The van der Waals surface area contributed by atoms with Crippen LogP contribution >= 0.6 is 0 Å². The highest BCUT2D eigenvalue weighted by molar-refractivity contribution is 6.23. The number of quaternary nitrogens is 1. The van der Waals surface area contributed by atoms with Gasteiger partial charge in [-0.15, -0.1) is 13.2 Å². The van der Waals surface area contributed by atoms with Crippen LogP contribution in [-0.2, 0) is 9.63 Å². The maximum absolute atomic E-state index is 13.3. The lowest BCUT2D eigenvalue weighted by atomic mass is 9.98. The van der Waals surface area contributed by atoms with Gasteiger partial charge in [0, 0.05) is 6.54 Å². The Morgan fingerprint density at radius 3 is 2.45 bits per heavy atom. The number of imide groups is 1. The van der Waals surface area contributed by atoms with Crippen LogP contribution in [0, 0.1) is 0 Å². The summed E-state index contributed by atoms with van der Waals surface area (Å²) in [6.45, 7) is 3.43. The molecule has 1 aliphatic heterocycles. The molecule has 2 N–H and O–H groups in total. The van der Waals surface area contributed by atoms with E-state index in [0.717, 1.165) is 28.2 Å². The lowest BCUT2D eigenvalue weighted by Gasteiger charge is -2.28. The van der Waals surface area contributed by atoms with Crippen LogP contribution in [-0.4, -0.2) is 42.4 Å². The molecule has 0 radical (unpaired) electrons. The van der Waals surface area contributed by atoms with Crippen LogP contribution in [0.25, 0.3) is 0 Å². The third-order valence-electron chi connectivity index (χ3n) is 5.29.